The van der Waals surface area contributed by atoms with Gasteiger partial charge in [0.1, 0.15) is 5.75 Å². The smallest absolute Gasteiger partial charge is 0.308 e. The van der Waals surface area contributed by atoms with E-state index in [2.05, 4.69) is 53.7 Å². The molecule has 0 spiro atoms. The molecule has 6 heteroatoms. The molecule has 3 rings (SSSR count). The molecule has 0 unspecified atom stereocenters. The average Bonchev–Trinajstić information content (AvgIpc) is 3.10. The molecule has 0 aliphatic rings. The highest BCUT2D eigenvalue weighted by molar-refractivity contribution is 7.17. The second-order valence-electron chi connectivity index (χ2n) is 9.42. The number of rotatable bonds is 5. The van der Waals surface area contributed by atoms with E-state index >= 15 is 0 Å². The molecule has 1 aromatic carbocycles. The monoisotopic (exact) mass is 414 g/mol. The fraction of sp³-hybridized carbons (Fsp3) is 0.478. The quantitative estimate of drug-likeness (QED) is 0.583. The first-order valence-electron chi connectivity index (χ1n) is 9.91. The summed E-state index contributed by atoms with van der Waals surface area (Å²) in [6.07, 6.45) is 3.86. The van der Waals surface area contributed by atoms with Crippen LogP contribution in [0, 0.1) is 0 Å². The van der Waals surface area contributed by atoms with Crippen LogP contribution in [-0.4, -0.2) is 27.1 Å². The van der Waals surface area contributed by atoms with Gasteiger partial charge in [-0.05, 0) is 29.9 Å². The zero-order chi connectivity index (χ0) is 21.6. The third kappa shape index (κ3) is 4.47. The van der Waals surface area contributed by atoms with Gasteiger partial charge in [0.15, 0.2) is 4.96 Å². The number of carbonyl (C=O) groups is 1. The lowest BCUT2D eigenvalue weighted by atomic mass is 9.78. The number of carboxylic acids is 1. The molecule has 2 heterocycles. The Labute approximate surface area is 176 Å². The molecule has 0 radical (unpaired) electrons. The summed E-state index contributed by atoms with van der Waals surface area (Å²) < 4.78 is 8.05. The Hall–Kier alpha value is -2.34. The maximum atomic E-state index is 11.0. The highest BCUT2D eigenvalue weighted by Crippen LogP contribution is 2.42. The molecule has 3 aromatic rings. The van der Waals surface area contributed by atoms with Crippen LogP contribution in [0.2, 0.25) is 0 Å². The van der Waals surface area contributed by atoms with Crippen molar-refractivity contribution in [1.29, 1.82) is 0 Å². The number of imidazole rings is 1. The molecule has 0 fully saturated rings. The molecular formula is C23H30N2O3S. The first kappa shape index (κ1) is 21.4. The Balaban J connectivity index is 2.17. The van der Waals surface area contributed by atoms with Crippen LogP contribution in [0.4, 0.5) is 0 Å². The van der Waals surface area contributed by atoms with Gasteiger partial charge < -0.3 is 9.84 Å². The van der Waals surface area contributed by atoms with Crippen LogP contribution in [0.3, 0.4) is 0 Å². The largest absolute Gasteiger partial charge is 0.493 e. The van der Waals surface area contributed by atoms with Crippen molar-refractivity contribution in [3.8, 4) is 17.0 Å². The highest BCUT2D eigenvalue weighted by Gasteiger charge is 2.28. The summed E-state index contributed by atoms with van der Waals surface area (Å²) in [6, 6.07) is 4.37. The third-order valence-corrected chi connectivity index (χ3v) is 5.82. The number of benzene rings is 1. The molecule has 1 N–H and O–H groups in total. The summed E-state index contributed by atoms with van der Waals surface area (Å²) in [6.45, 7) is 15.8. The fourth-order valence-corrected chi connectivity index (χ4v) is 4.36. The Kier molecular flexibility index (Phi) is 5.52. The number of nitrogens with zero attached hydrogens (tertiary/aromatic N) is 2. The van der Waals surface area contributed by atoms with Crippen LogP contribution in [0.1, 0.15) is 64.5 Å². The minimum absolute atomic E-state index is 0.0226. The first-order chi connectivity index (χ1) is 13.4. The number of ether oxygens (including phenoxy) is 1. The molecule has 0 aliphatic heterocycles. The second kappa shape index (κ2) is 7.48. The van der Waals surface area contributed by atoms with E-state index < -0.39 is 5.97 Å². The third-order valence-electron chi connectivity index (χ3n) is 4.82. The molecule has 0 amide bonds. The molecule has 0 atom stereocenters. The van der Waals surface area contributed by atoms with Crippen molar-refractivity contribution in [3.63, 3.8) is 0 Å². The molecule has 29 heavy (non-hydrogen) atoms. The van der Waals surface area contributed by atoms with E-state index in [0.717, 1.165) is 26.8 Å². The minimum Gasteiger partial charge on any atom is -0.493 e. The summed E-state index contributed by atoms with van der Waals surface area (Å²) in [5.41, 5.74) is 4.13. The van der Waals surface area contributed by atoms with Crippen molar-refractivity contribution >= 4 is 22.3 Å². The number of carboxylic acid groups (broad SMARTS) is 1. The molecule has 2 aromatic heterocycles. The molecule has 0 aliphatic carbocycles. The summed E-state index contributed by atoms with van der Waals surface area (Å²) in [5, 5.41) is 9.01. The Bertz CT molecular complexity index is 982. The predicted molar refractivity (Wildman–Crippen MR) is 118 cm³/mol. The van der Waals surface area contributed by atoms with E-state index in [0.29, 0.717) is 6.61 Å². The number of fused-ring (bicyclic) bond motifs is 1. The van der Waals surface area contributed by atoms with Gasteiger partial charge in [0.25, 0.3) is 0 Å². The van der Waals surface area contributed by atoms with Crippen molar-refractivity contribution in [1.82, 2.24) is 9.38 Å². The summed E-state index contributed by atoms with van der Waals surface area (Å²) in [4.78, 5) is 17.4. The maximum Gasteiger partial charge on any atom is 0.308 e. The number of aromatic nitrogens is 2. The molecule has 156 valence electrons. The van der Waals surface area contributed by atoms with Crippen LogP contribution in [0.25, 0.3) is 16.2 Å². The first-order valence-corrected chi connectivity index (χ1v) is 10.7. The molecule has 0 saturated heterocycles. The van der Waals surface area contributed by atoms with Crippen molar-refractivity contribution in [3.05, 3.63) is 40.5 Å². The van der Waals surface area contributed by atoms with E-state index in [1.807, 2.05) is 23.7 Å². The minimum atomic E-state index is -0.828. The maximum absolute atomic E-state index is 11.0. The standard InChI is InChI=1S/C23H30N2O3S/c1-8-28-20-16(22(2,3)4)9-14(10-17(20)23(5,6)7)18-13-25-12-15(11-19(26)27)29-21(25)24-18/h9-10,12-13H,8,11H2,1-7H3,(H,26,27). The van der Waals surface area contributed by atoms with Crippen LogP contribution >= 0.6 is 11.3 Å². The van der Waals surface area contributed by atoms with Gasteiger partial charge in [0.05, 0.1) is 18.7 Å². The van der Waals surface area contributed by atoms with Gasteiger partial charge in [-0.1, -0.05) is 41.5 Å². The lowest BCUT2D eigenvalue weighted by Gasteiger charge is -2.30. The van der Waals surface area contributed by atoms with Crippen LogP contribution in [0.15, 0.2) is 24.5 Å². The van der Waals surface area contributed by atoms with E-state index in [9.17, 15) is 4.79 Å². The van der Waals surface area contributed by atoms with E-state index in [1.165, 1.54) is 22.5 Å². The summed E-state index contributed by atoms with van der Waals surface area (Å²) in [7, 11) is 0. The van der Waals surface area contributed by atoms with Gasteiger partial charge in [0, 0.05) is 34.0 Å². The number of thiazole rings is 1. The Morgan fingerprint density at radius 2 is 1.69 bits per heavy atom. The van der Waals surface area contributed by atoms with Crippen molar-refractivity contribution in [2.45, 2.75) is 65.7 Å². The van der Waals surface area contributed by atoms with Crippen LogP contribution in [0.5, 0.6) is 5.75 Å². The van der Waals surface area contributed by atoms with Gasteiger partial charge in [-0.2, -0.15) is 0 Å². The zero-order valence-corrected chi connectivity index (χ0v) is 19.1. The zero-order valence-electron chi connectivity index (χ0n) is 18.3. The normalized spacial score (nSPS) is 12.5. The summed E-state index contributed by atoms with van der Waals surface area (Å²) in [5.74, 6) is 0.145. The predicted octanol–water partition coefficient (Wildman–Crippen LogP) is 5.68. The molecule has 0 saturated carbocycles. The SMILES string of the molecule is CCOc1c(C(C)(C)C)cc(-c2cn3cc(CC(=O)O)sc3n2)cc1C(C)(C)C. The number of hydrogen-bond donors (Lipinski definition) is 1. The molecule has 0 bridgehead atoms. The van der Waals surface area contributed by atoms with Gasteiger partial charge in [-0.3, -0.25) is 9.20 Å². The van der Waals surface area contributed by atoms with Gasteiger partial charge in [-0.25, -0.2) is 4.98 Å². The lowest BCUT2D eigenvalue weighted by Crippen LogP contribution is -2.20. The fourth-order valence-electron chi connectivity index (χ4n) is 3.40. The van der Waals surface area contributed by atoms with Gasteiger partial charge in [0.2, 0.25) is 0 Å². The van der Waals surface area contributed by atoms with Crippen LogP contribution in [-0.2, 0) is 22.0 Å². The second-order valence-corrected chi connectivity index (χ2v) is 10.5. The van der Waals surface area contributed by atoms with Crippen molar-refractivity contribution < 1.29 is 14.6 Å². The number of hydrogen-bond acceptors (Lipinski definition) is 4. The number of aliphatic carboxylic acids is 1. The Morgan fingerprint density at radius 3 is 2.14 bits per heavy atom. The van der Waals surface area contributed by atoms with E-state index in [4.69, 9.17) is 14.8 Å². The van der Waals surface area contributed by atoms with E-state index in [1.54, 1.807) is 0 Å². The average molecular weight is 415 g/mol. The van der Waals surface area contributed by atoms with Gasteiger partial charge >= 0.3 is 5.97 Å². The van der Waals surface area contributed by atoms with Gasteiger partial charge in [-0.15, -0.1) is 11.3 Å². The van der Waals surface area contributed by atoms with Crippen molar-refractivity contribution in [2.24, 2.45) is 0 Å². The molecular weight excluding hydrogens is 384 g/mol. The van der Waals surface area contributed by atoms with Crippen molar-refractivity contribution in [2.75, 3.05) is 6.61 Å². The Morgan fingerprint density at radius 1 is 1.10 bits per heavy atom. The molecule has 5 nitrogen and oxygen atoms in total. The lowest BCUT2D eigenvalue weighted by molar-refractivity contribution is -0.136. The summed E-state index contributed by atoms with van der Waals surface area (Å²) >= 11 is 1.42. The van der Waals surface area contributed by atoms with E-state index in [-0.39, 0.29) is 17.3 Å². The highest BCUT2D eigenvalue weighted by atomic mass is 32.1. The van der Waals surface area contributed by atoms with Crippen LogP contribution < -0.4 is 4.74 Å². The topological polar surface area (TPSA) is 63.8 Å².